The van der Waals surface area contributed by atoms with Crippen molar-refractivity contribution >= 4 is 40.6 Å². The number of hydrogen-bond acceptors (Lipinski definition) is 12. The van der Waals surface area contributed by atoms with E-state index in [-0.39, 0.29) is 0 Å². The molecule has 0 amide bonds. The van der Waals surface area contributed by atoms with Gasteiger partial charge >= 0.3 is 23.5 Å². The minimum absolute atomic E-state index is 0.395. The van der Waals surface area contributed by atoms with Gasteiger partial charge in [-0.3, -0.25) is 18.9 Å². The van der Waals surface area contributed by atoms with E-state index in [4.69, 9.17) is 31.6 Å². The van der Waals surface area contributed by atoms with Crippen LogP contribution in [0.3, 0.4) is 0 Å². The van der Waals surface area contributed by atoms with Crippen LogP contribution in [0, 0.1) is 12.3 Å². The van der Waals surface area contributed by atoms with Crippen molar-refractivity contribution in [3.05, 3.63) is 16.7 Å². The lowest BCUT2D eigenvalue weighted by Gasteiger charge is -2.30. The Morgan fingerprint density at radius 2 is 1.86 bits per heavy atom. The summed E-state index contributed by atoms with van der Waals surface area (Å²) in [5.41, 5.74) is -3.46. The topological polar surface area (TPSA) is 279 Å². The minimum atomic E-state index is -6.05. The lowest BCUT2D eigenvalue weighted by Crippen LogP contribution is -2.48. The third-order valence-corrected chi connectivity index (χ3v) is 8.69. The molecule has 3 unspecified atom stereocenters. The minimum Gasteiger partial charge on any atom is -0.370 e. The van der Waals surface area contributed by atoms with Crippen molar-refractivity contribution in [3.63, 3.8) is 0 Å². The van der Waals surface area contributed by atoms with Gasteiger partial charge in [0.05, 0.1) is 6.33 Å². The Labute approximate surface area is 190 Å². The Morgan fingerprint density at radius 1 is 1.23 bits per heavy atom. The van der Waals surface area contributed by atoms with Crippen molar-refractivity contribution < 1.29 is 65.0 Å². The predicted octanol–water partition coefficient (Wildman–Crippen LogP) is -1.31. The quantitative estimate of drug-likeness (QED) is 0.152. The van der Waals surface area contributed by atoms with Crippen LogP contribution in [0.15, 0.2) is 11.1 Å². The molecule has 18 nitrogen and oxygen atoms in total. The standard InChI is InChI=1S/C12H12F2N5O13P3/c1-2-10(21)8(19-3-16-4-5(19)17-9(15)18-6(4)20)29-12(14)7(11(10,12)13)30-34(25,26)32-35(27,28)31-33(22,23)24/h1,3,7-8,21H,(H,25,26)(H,27,28)(H2,22,23,24)(H3,15,17,18,20)/t7?,8-,10+,11+,12-/m1/s1. The number of phosphoric acid groups is 3. The Kier molecular flexibility index (Phi) is 5.54. The average molecular weight is 565 g/mol. The number of aliphatic hydroxyl groups is 1. The van der Waals surface area contributed by atoms with E-state index in [2.05, 4.69) is 28.1 Å². The number of rotatable bonds is 7. The highest BCUT2D eigenvalue weighted by Crippen LogP contribution is 2.76. The first-order valence-electron chi connectivity index (χ1n) is 8.60. The molecule has 0 aromatic carbocycles. The van der Waals surface area contributed by atoms with Crippen molar-refractivity contribution in [3.8, 4) is 12.3 Å². The molecule has 2 fully saturated rings. The van der Waals surface area contributed by atoms with Crippen molar-refractivity contribution in [1.29, 1.82) is 0 Å². The highest BCUT2D eigenvalue weighted by Gasteiger charge is 2.98. The number of halogens is 2. The number of phosphoric ester groups is 1. The maximum atomic E-state index is 15.7. The molecule has 0 bridgehead atoms. The number of nitrogens with two attached hydrogens (primary N) is 1. The fourth-order valence-corrected chi connectivity index (χ4v) is 6.72. The number of nitrogen functional groups attached to an aromatic ring is 1. The van der Waals surface area contributed by atoms with Crippen LogP contribution in [0.2, 0.25) is 0 Å². The maximum Gasteiger partial charge on any atom is 0.490 e. The molecule has 0 radical (unpaired) electrons. The Morgan fingerprint density at radius 3 is 2.43 bits per heavy atom. The molecule has 7 atom stereocenters. The third kappa shape index (κ3) is 3.86. The van der Waals surface area contributed by atoms with Gasteiger partial charge in [0.1, 0.15) is 0 Å². The number of terminal acetylenes is 1. The summed E-state index contributed by atoms with van der Waals surface area (Å²) in [5.74, 6) is -2.73. The van der Waals surface area contributed by atoms with Crippen molar-refractivity contribution in [2.24, 2.45) is 0 Å². The molecular weight excluding hydrogens is 553 g/mol. The van der Waals surface area contributed by atoms with Gasteiger partial charge in [-0.15, -0.1) is 6.42 Å². The van der Waals surface area contributed by atoms with Crippen molar-refractivity contribution in [2.75, 3.05) is 5.73 Å². The first kappa shape index (κ1) is 26.0. The van der Waals surface area contributed by atoms with Crippen molar-refractivity contribution in [2.45, 2.75) is 29.5 Å². The molecule has 1 saturated heterocycles. The van der Waals surface area contributed by atoms with Gasteiger partial charge in [0.2, 0.25) is 17.2 Å². The zero-order chi connectivity index (χ0) is 26.4. The number of alkyl halides is 2. The SMILES string of the molecule is C#C[C@]1(O)[C@H](n2cnc3c(=O)[nH]c(N)nc32)O[C@]2(F)C(OP(=O)(O)OP(=O)(O)OP(=O)(O)O)[C@@]21F. The van der Waals surface area contributed by atoms with E-state index >= 15 is 8.78 Å². The summed E-state index contributed by atoms with van der Waals surface area (Å²) in [7, 11) is -17.8. The lowest BCUT2D eigenvalue weighted by molar-refractivity contribution is -0.164. The van der Waals surface area contributed by atoms with Gasteiger partial charge < -0.3 is 35.2 Å². The molecule has 35 heavy (non-hydrogen) atoms. The highest BCUT2D eigenvalue weighted by molar-refractivity contribution is 7.66. The van der Waals surface area contributed by atoms with Crippen LogP contribution in [0.25, 0.3) is 11.2 Å². The number of nitrogens with zero attached hydrogens (tertiary/aromatic N) is 3. The van der Waals surface area contributed by atoms with Crippen LogP contribution in [0.4, 0.5) is 14.7 Å². The molecule has 1 aliphatic carbocycles. The lowest BCUT2D eigenvalue weighted by atomic mass is 9.95. The highest BCUT2D eigenvalue weighted by atomic mass is 31.3. The number of aromatic nitrogens is 4. The molecule has 0 spiro atoms. The largest absolute Gasteiger partial charge is 0.490 e. The van der Waals surface area contributed by atoms with E-state index in [1.807, 2.05) is 0 Å². The van der Waals surface area contributed by atoms with Gasteiger partial charge in [-0.25, -0.2) is 27.5 Å². The normalized spacial score (nSPS) is 35.7. The molecular formula is C12H12F2N5O13P3. The smallest absolute Gasteiger partial charge is 0.370 e. The van der Waals surface area contributed by atoms with Gasteiger partial charge in [0.25, 0.3) is 11.4 Å². The number of hydrogen-bond donors (Lipinski definition) is 7. The predicted molar refractivity (Wildman–Crippen MR) is 103 cm³/mol. The number of aromatic amines is 1. The number of ether oxygens (including phenoxy) is 1. The number of anilines is 1. The first-order valence-corrected chi connectivity index (χ1v) is 13.1. The van der Waals surface area contributed by atoms with Gasteiger partial charge in [-0.2, -0.15) is 13.6 Å². The summed E-state index contributed by atoms with van der Waals surface area (Å²) in [4.78, 5) is 57.2. The van der Waals surface area contributed by atoms with E-state index in [0.717, 1.165) is 6.33 Å². The van der Waals surface area contributed by atoms with Gasteiger partial charge in [0, 0.05) is 0 Å². The molecule has 2 aliphatic rings. The molecule has 1 aliphatic heterocycles. The fraction of sp³-hybridized carbons (Fsp3) is 0.417. The second kappa shape index (κ2) is 7.46. The zero-order valence-electron chi connectivity index (χ0n) is 16.3. The van der Waals surface area contributed by atoms with E-state index in [0.29, 0.717) is 4.57 Å². The van der Waals surface area contributed by atoms with Crippen LogP contribution < -0.4 is 11.3 Å². The first-order chi connectivity index (χ1) is 15.8. The molecule has 23 heteroatoms. The number of fused-ring (bicyclic) bond motifs is 2. The van der Waals surface area contributed by atoms with Crippen molar-refractivity contribution in [1.82, 2.24) is 19.5 Å². The summed E-state index contributed by atoms with van der Waals surface area (Å²) in [5, 5.41) is 10.8. The van der Waals surface area contributed by atoms with Crippen LogP contribution in [-0.2, 0) is 31.6 Å². The second-order valence-corrected chi connectivity index (χ2v) is 11.5. The van der Waals surface area contributed by atoms with E-state index in [1.165, 1.54) is 5.92 Å². The molecule has 4 rings (SSSR count). The second-order valence-electron chi connectivity index (χ2n) is 7.09. The fourth-order valence-electron chi connectivity index (χ4n) is 3.51. The summed E-state index contributed by atoms with van der Waals surface area (Å²) < 4.78 is 81.6. The van der Waals surface area contributed by atoms with Crippen LogP contribution in [0.1, 0.15) is 6.23 Å². The number of nitrogens with one attached hydrogen (secondary N) is 1. The summed E-state index contributed by atoms with van der Waals surface area (Å²) in [6.07, 6.45) is 0.869. The van der Waals surface area contributed by atoms with Crippen LogP contribution in [0.5, 0.6) is 0 Å². The van der Waals surface area contributed by atoms with E-state index < -0.39 is 75.6 Å². The third-order valence-electron chi connectivity index (χ3n) is 4.88. The van der Waals surface area contributed by atoms with Crippen LogP contribution >= 0.6 is 23.5 Å². The average Bonchev–Trinajstić information content (AvgIpc) is 2.95. The summed E-state index contributed by atoms with van der Waals surface area (Å²) in [6.45, 7) is 0. The van der Waals surface area contributed by atoms with E-state index in [1.54, 1.807) is 0 Å². The summed E-state index contributed by atoms with van der Waals surface area (Å²) in [6, 6.07) is 0. The van der Waals surface area contributed by atoms with Gasteiger partial charge in [-0.1, -0.05) is 5.92 Å². The molecule has 1 saturated carbocycles. The maximum absolute atomic E-state index is 15.7. The Hall–Kier alpha value is -2.10. The molecule has 192 valence electrons. The Bertz CT molecular complexity index is 1490. The Balaban J connectivity index is 1.65. The molecule has 2 aromatic heterocycles. The van der Waals surface area contributed by atoms with Gasteiger partial charge in [0.15, 0.2) is 23.5 Å². The molecule has 8 N–H and O–H groups in total. The number of H-pyrrole nitrogens is 1. The molecule has 2 aromatic rings. The van der Waals surface area contributed by atoms with Gasteiger partial charge in [-0.05, 0) is 0 Å². The van der Waals surface area contributed by atoms with E-state index in [9.17, 15) is 28.5 Å². The monoisotopic (exact) mass is 565 g/mol. The summed E-state index contributed by atoms with van der Waals surface area (Å²) >= 11 is 0. The van der Waals surface area contributed by atoms with Crippen LogP contribution in [-0.4, -0.2) is 67.4 Å². The molecule has 3 heterocycles. The zero-order valence-corrected chi connectivity index (χ0v) is 19.0. The number of imidazole rings is 1.